The van der Waals surface area contributed by atoms with Gasteiger partial charge in [0.2, 0.25) is 0 Å². The van der Waals surface area contributed by atoms with Gasteiger partial charge < -0.3 is 4.57 Å². The third kappa shape index (κ3) is 5.57. The first-order valence-electron chi connectivity index (χ1n) is 2.21. The molecule has 0 radical (unpaired) electrons. The van der Waals surface area contributed by atoms with Gasteiger partial charge in [-0.05, 0) is 0 Å². The molecule has 7 heavy (non-hydrogen) atoms. The fraction of sp³-hybridized carbons (Fsp3) is 0. The lowest BCUT2D eigenvalue weighted by atomic mass is 9.94. The van der Waals surface area contributed by atoms with Crippen molar-refractivity contribution in [3.8, 4) is 0 Å². The molecule has 0 aromatic rings. The average Bonchev–Trinajstić information content (AvgIpc) is 1.69. The number of hydrogen-bond donors (Lipinski definition) is 0. The van der Waals surface area contributed by atoms with Crippen molar-refractivity contribution in [1.29, 1.82) is 0 Å². The molecule has 3 heteroatoms. The average molecular weight is 93.7 g/mol. The lowest BCUT2D eigenvalue weighted by Gasteiger charge is -1.86. The summed E-state index contributed by atoms with van der Waals surface area (Å²) in [6, 6.07) is 0. The van der Waals surface area contributed by atoms with Crippen molar-refractivity contribution in [2.24, 2.45) is 0 Å². The van der Waals surface area contributed by atoms with Crippen LogP contribution in [0, 0.1) is 0 Å². The van der Waals surface area contributed by atoms with Gasteiger partial charge in [-0.1, -0.05) is 12.0 Å². The van der Waals surface area contributed by atoms with Crippen molar-refractivity contribution in [3.63, 3.8) is 0 Å². The van der Waals surface area contributed by atoms with E-state index in [4.69, 9.17) is 4.57 Å². The second-order valence-corrected chi connectivity index (χ2v) is 1.11. The molecule has 0 fully saturated rings. The molecule has 1 nitrogen and oxygen atoms in total. The highest BCUT2D eigenvalue weighted by Gasteiger charge is 1.78. The van der Waals surface area contributed by atoms with Gasteiger partial charge in [0.1, 0.15) is 0 Å². The summed E-state index contributed by atoms with van der Waals surface area (Å²) in [5.41, 5.74) is 0. The van der Waals surface area contributed by atoms with Crippen LogP contribution in [0.4, 0.5) is 0 Å². The van der Waals surface area contributed by atoms with E-state index in [9.17, 15) is 0 Å². The molecule has 0 N–H and O–H groups in total. The zero-order chi connectivity index (χ0) is 5.54. The van der Waals surface area contributed by atoms with Crippen molar-refractivity contribution < 1.29 is 4.57 Å². The van der Waals surface area contributed by atoms with E-state index in [0.29, 0.717) is 15.0 Å². The fourth-order valence-corrected chi connectivity index (χ4v) is 0.235. The topological polar surface area (TPSA) is 9.23 Å². The summed E-state index contributed by atoms with van der Waals surface area (Å²) < 4.78 is 4.90. The van der Waals surface area contributed by atoms with Crippen LogP contribution in [0.5, 0.6) is 0 Å². The Morgan fingerprint density at radius 2 is 1.57 bits per heavy atom. The second kappa shape index (κ2) is 5.57. The predicted octanol–water partition coefficient (Wildman–Crippen LogP) is -0.00700. The standard InChI is InChI=1S/C4H8B2O/c1-3-5-7-6-4-2/h3-6H,1-2H2. The van der Waals surface area contributed by atoms with Crippen LogP contribution in [0.15, 0.2) is 25.1 Å². The first-order chi connectivity index (χ1) is 3.41. The second-order valence-electron chi connectivity index (χ2n) is 1.11. The summed E-state index contributed by atoms with van der Waals surface area (Å²) in [6.07, 6.45) is 0. The molecule has 0 amide bonds. The Morgan fingerprint density at radius 3 is 1.86 bits per heavy atom. The van der Waals surface area contributed by atoms with Crippen LogP contribution in [0.1, 0.15) is 0 Å². The summed E-state index contributed by atoms with van der Waals surface area (Å²) >= 11 is 0. The molecule has 0 unspecified atom stereocenters. The molecule has 0 aliphatic rings. The van der Waals surface area contributed by atoms with E-state index in [1.54, 1.807) is 12.0 Å². The minimum Gasteiger partial charge on any atom is -0.497 e. The maximum atomic E-state index is 4.90. The Labute approximate surface area is 45.6 Å². The van der Waals surface area contributed by atoms with Crippen LogP contribution in [0.25, 0.3) is 0 Å². The molecule has 0 spiro atoms. The van der Waals surface area contributed by atoms with Crippen molar-refractivity contribution in [3.05, 3.63) is 25.1 Å². The zero-order valence-electron chi connectivity index (χ0n) is 4.39. The molecule has 0 aromatic heterocycles. The molecular formula is C4H8B2O. The highest BCUT2D eigenvalue weighted by Crippen LogP contribution is 1.65. The largest absolute Gasteiger partial charge is 0.497 e. The lowest BCUT2D eigenvalue weighted by Crippen LogP contribution is -1.96. The zero-order valence-corrected chi connectivity index (χ0v) is 4.39. The summed E-state index contributed by atoms with van der Waals surface area (Å²) in [4.78, 5) is 0. The van der Waals surface area contributed by atoms with Gasteiger partial charge in [0.25, 0.3) is 15.0 Å². The molecular weight excluding hydrogens is 85.7 g/mol. The third-order valence-corrected chi connectivity index (χ3v) is 0.471. The smallest absolute Gasteiger partial charge is 0.284 e. The van der Waals surface area contributed by atoms with E-state index in [1.165, 1.54) is 0 Å². The van der Waals surface area contributed by atoms with Crippen molar-refractivity contribution in [1.82, 2.24) is 0 Å². The Kier molecular flexibility index (Phi) is 5.23. The maximum absolute atomic E-state index is 4.90. The first-order valence-corrected chi connectivity index (χ1v) is 2.21. The third-order valence-electron chi connectivity index (χ3n) is 0.471. The van der Waals surface area contributed by atoms with Gasteiger partial charge in [-0.3, -0.25) is 0 Å². The van der Waals surface area contributed by atoms with Crippen molar-refractivity contribution in [2.75, 3.05) is 0 Å². The summed E-state index contributed by atoms with van der Waals surface area (Å²) in [7, 11) is 1.23. The van der Waals surface area contributed by atoms with Gasteiger partial charge in [0.05, 0.1) is 0 Å². The van der Waals surface area contributed by atoms with Gasteiger partial charge in [0.15, 0.2) is 0 Å². The van der Waals surface area contributed by atoms with E-state index in [2.05, 4.69) is 13.2 Å². The van der Waals surface area contributed by atoms with Crippen molar-refractivity contribution >= 4 is 15.0 Å². The molecule has 0 saturated carbocycles. The first kappa shape index (κ1) is 6.57. The minimum atomic E-state index is 0.617. The molecule has 0 atom stereocenters. The fourth-order valence-electron chi connectivity index (χ4n) is 0.235. The number of rotatable bonds is 4. The SMILES string of the molecule is C=CBOBC=C. The van der Waals surface area contributed by atoms with Gasteiger partial charge >= 0.3 is 0 Å². The predicted molar refractivity (Wildman–Crippen MR) is 35.8 cm³/mol. The van der Waals surface area contributed by atoms with E-state index < -0.39 is 0 Å². The molecule has 0 aliphatic heterocycles. The van der Waals surface area contributed by atoms with E-state index in [1.807, 2.05) is 0 Å². The summed E-state index contributed by atoms with van der Waals surface area (Å²) in [6.45, 7) is 6.95. The molecule has 0 aliphatic carbocycles. The lowest BCUT2D eigenvalue weighted by molar-refractivity contribution is 0.661. The van der Waals surface area contributed by atoms with Gasteiger partial charge in [-0.2, -0.15) is 0 Å². The van der Waals surface area contributed by atoms with Gasteiger partial charge in [-0.15, -0.1) is 13.2 Å². The van der Waals surface area contributed by atoms with Gasteiger partial charge in [0, 0.05) is 0 Å². The van der Waals surface area contributed by atoms with Gasteiger partial charge in [-0.25, -0.2) is 0 Å². The molecule has 0 bridgehead atoms. The Bertz CT molecular complexity index is 54.7. The normalized spacial score (nSPS) is 6.86. The molecule has 0 saturated heterocycles. The Morgan fingerprint density at radius 1 is 1.14 bits per heavy atom. The quantitative estimate of drug-likeness (QED) is 0.351. The van der Waals surface area contributed by atoms with Crippen LogP contribution in [0.3, 0.4) is 0 Å². The molecule has 36 valence electrons. The van der Waals surface area contributed by atoms with E-state index >= 15 is 0 Å². The van der Waals surface area contributed by atoms with Crippen LogP contribution in [-0.2, 0) is 4.57 Å². The Hall–Kier alpha value is -0.430. The van der Waals surface area contributed by atoms with Crippen molar-refractivity contribution in [2.45, 2.75) is 0 Å². The summed E-state index contributed by atoms with van der Waals surface area (Å²) in [5.74, 6) is 3.42. The Balaban J connectivity index is 2.68. The van der Waals surface area contributed by atoms with Crippen LogP contribution in [-0.4, -0.2) is 15.0 Å². The van der Waals surface area contributed by atoms with Crippen LogP contribution in [0.2, 0.25) is 0 Å². The van der Waals surface area contributed by atoms with Crippen LogP contribution >= 0.6 is 0 Å². The van der Waals surface area contributed by atoms with E-state index in [0.717, 1.165) is 0 Å². The molecule has 0 heterocycles. The highest BCUT2D eigenvalue weighted by molar-refractivity contribution is 6.48. The molecule has 0 rings (SSSR count). The highest BCUT2D eigenvalue weighted by atomic mass is 16.4. The number of hydrogen-bond acceptors (Lipinski definition) is 1. The minimum absolute atomic E-state index is 0.617. The van der Waals surface area contributed by atoms with Crippen LogP contribution < -0.4 is 0 Å². The monoisotopic (exact) mass is 94.1 g/mol. The summed E-state index contributed by atoms with van der Waals surface area (Å²) in [5, 5.41) is 0. The molecule has 0 aromatic carbocycles. The maximum Gasteiger partial charge on any atom is 0.284 e. The van der Waals surface area contributed by atoms with E-state index in [-0.39, 0.29) is 0 Å².